The first-order valence-electron chi connectivity index (χ1n) is 3.71. The van der Waals surface area contributed by atoms with E-state index < -0.39 is 0 Å². The number of aliphatic imine (C=N–C) groups is 1. The predicted octanol–water partition coefficient (Wildman–Crippen LogP) is 1.41. The number of thiophene rings is 1. The smallest absolute Gasteiger partial charge is 0.138 e. The van der Waals surface area contributed by atoms with Crippen LogP contribution in [0.3, 0.4) is 0 Å². The Morgan fingerprint density at radius 3 is 3.00 bits per heavy atom. The number of rotatable bonds is 1. The lowest BCUT2D eigenvalue weighted by Crippen LogP contribution is -2.18. The van der Waals surface area contributed by atoms with E-state index in [0.29, 0.717) is 0 Å². The monoisotopic (exact) mass is 166 g/mol. The molecule has 2 heterocycles. The van der Waals surface area contributed by atoms with Crippen LogP contribution in [0.1, 0.15) is 9.75 Å². The van der Waals surface area contributed by atoms with Gasteiger partial charge in [-0.25, -0.2) is 0 Å². The van der Waals surface area contributed by atoms with E-state index >= 15 is 0 Å². The van der Waals surface area contributed by atoms with Crippen LogP contribution in [-0.2, 0) is 0 Å². The van der Waals surface area contributed by atoms with Crippen LogP contribution < -0.4 is 5.32 Å². The maximum absolute atomic E-state index is 4.34. The van der Waals surface area contributed by atoms with E-state index in [4.69, 9.17) is 0 Å². The zero-order valence-electron chi connectivity index (χ0n) is 6.42. The van der Waals surface area contributed by atoms with Gasteiger partial charge in [0.05, 0.1) is 11.4 Å². The zero-order valence-corrected chi connectivity index (χ0v) is 7.24. The number of aryl methyl sites for hydroxylation is 1. The third-order valence-corrected chi connectivity index (χ3v) is 2.66. The highest BCUT2D eigenvalue weighted by Crippen LogP contribution is 2.15. The summed E-state index contributed by atoms with van der Waals surface area (Å²) < 4.78 is 0. The van der Waals surface area contributed by atoms with Crippen LogP contribution in [0.4, 0.5) is 0 Å². The highest BCUT2D eigenvalue weighted by atomic mass is 32.1. The van der Waals surface area contributed by atoms with Gasteiger partial charge in [-0.1, -0.05) is 0 Å². The van der Waals surface area contributed by atoms with Crippen LogP contribution >= 0.6 is 11.3 Å². The molecule has 1 aromatic heterocycles. The fraction of sp³-hybridized carbons (Fsp3) is 0.375. The Labute approximate surface area is 70.0 Å². The molecular formula is C8H10N2S. The van der Waals surface area contributed by atoms with Gasteiger partial charge in [0.25, 0.3) is 0 Å². The number of hydrogen-bond donors (Lipinski definition) is 1. The fourth-order valence-corrected chi connectivity index (χ4v) is 1.98. The van der Waals surface area contributed by atoms with Gasteiger partial charge in [0, 0.05) is 11.4 Å². The summed E-state index contributed by atoms with van der Waals surface area (Å²) in [4.78, 5) is 6.94. The molecule has 0 fully saturated rings. The van der Waals surface area contributed by atoms with Gasteiger partial charge < -0.3 is 5.32 Å². The van der Waals surface area contributed by atoms with Gasteiger partial charge in [-0.15, -0.1) is 11.3 Å². The Kier molecular flexibility index (Phi) is 1.66. The average Bonchev–Trinajstić information content (AvgIpc) is 2.55. The number of amidine groups is 1. The molecule has 0 bridgehead atoms. The van der Waals surface area contributed by atoms with Gasteiger partial charge in [0.1, 0.15) is 5.84 Å². The molecule has 0 radical (unpaired) electrons. The molecule has 1 aliphatic rings. The van der Waals surface area contributed by atoms with Crippen molar-refractivity contribution in [2.75, 3.05) is 13.1 Å². The van der Waals surface area contributed by atoms with Crippen LogP contribution in [0.5, 0.6) is 0 Å². The number of nitrogens with one attached hydrogen (secondary N) is 1. The standard InChI is InChI=1S/C8H10N2S/c1-6-2-3-7(11-6)8-9-4-5-10-8/h2-3H,4-5H2,1H3,(H,9,10). The van der Waals surface area contributed by atoms with Crippen LogP contribution in [0.2, 0.25) is 0 Å². The molecule has 1 aromatic rings. The second-order valence-corrected chi connectivity index (χ2v) is 3.86. The molecule has 58 valence electrons. The van der Waals surface area contributed by atoms with Crippen molar-refractivity contribution in [2.24, 2.45) is 4.99 Å². The van der Waals surface area contributed by atoms with Crippen LogP contribution in [0.15, 0.2) is 17.1 Å². The fourth-order valence-electron chi connectivity index (χ4n) is 1.12. The van der Waals surface area contributed by atoms with E-state index in [1.54, 1.807) is 11.3 Å². The minimum atomic E-state index is 0.923. The Morgan fingerprint density at radius 1 is 1.55 bits per heavy atom. The van der Waals surface area contributed by atoms with Crippen LogP contribution in [-0.4, -0.2) is 18.9 Å². The summed E-state index contributed by atoms with van der Waals surface area (Å²) in [5.41, 5.74) is 0. The van der Waals surface area contributed by atoms with Crippen molar-refractivity contribution in [3.63, 3.8) is 0 Å². The molecule has 11 heavy (non-hydrogen) atoms. The lowest BCUT2D eigenvalue weighted by Gasteiger charge is -1.95. The first-order valence-corrected chi connectivity index (χ1v) is 4.53. The lowest BCUT2D eigenvalue weighted by molar-refractivity contribution is 0.960. The van der Waals surface area contributed by atoms with Crippen LogP contribution in [0, 0.1) is 6.92 Å². The van der Waals surface area contributed by atoms with E-state index in [1.165, 1.54) is 9.75 Å². The average molecular weight is 166 g/mol. The molecule has 0 aliphatic carbocycles. The SMILES string of the molecule is Cc1ccc(C2=NCCN2)s1. The van der Waals surface area contributed by atoms with Crippen molar-refractivity contribution < 1.29 is 0 Å². The van der Waals surface area contributed by atoms with E-state index in [-0.39, 0.29) is 0 Å². The van der Waals surface area contributed by atoms with Crippen molar-refractivity contribution >= 4 is 17.2 Å². The van der Waals surface area contributed by atoms with Crippen molar-refractivity contribution in [3.8, 4) is 0 Å². The first-order chi connectivity index (χ1) is 5.36. The largest absolute Gasteiger partial charge is 0.367 e. The van der Waals surface area contributed by atoms with Crippen LogP contribution in [0.25, 0.3) is 0 Å². The van der Waals surface area contributed by atoms with Gasteiger partial charge in [0.15, 0.2) is 0 Å². The summed E-state index contributed by atoms with van der Waals surface area (Å²) in [5, 5.41) is 3.25. The molecule has 0 unspecified atom stereocenters. The molecule has 0 aromatic carbocycles. The normalized spacial score (nSPS) is 16.3. The minimum Gasteiger partial charge on any atom is -0.367 e. The molecule has 0 spiro atoms. The number of nitrogens with zero attached hydrogens (tertiary/aromatic N) is 1. The molecule has 0 saturated heterocycles. The van der Waals surface area contributed by atoms with Gasteiger partial charge in [-0.2, -0.15) is 0 Å². The third-order valence-electron chi connectivity index (χ3n) is 1.65. The van der Waals surface area contributed by atoms with E-state index in [9.17, 15) is 0 Å². The minimum absolute atomic E-state index is 0.923. The summed E-state index contributed by atoms with van der Waals surface area (Å²) in [5.74, 6) is 1.07. The van der Waals surface area contributed by atoms with Crippen molar-refractivity contribution in [1.82, 2.24) is 5.32 Å². The Bertz CT molecular complexity index is 288. The molecule has 2 rings (SSSR count). The van der Waals surface area contributed by atoms with Gasteiger partial charge in [-0.3, -0.25) is 4.99 Å². The van der Waals surface area contributed by atoms with Gasteiger partial charge in [-0.05, 0) is 19.1 Å². The molecule has 0 atom stereocenters. The van der Waals surface area contributed by atoms with Gasteiger partial charge in [0.2, 0.25) is 0 Å². The Balaban J connectivity index is 2.28. The molecular weight excluding hydrogens is 156 g/mol. The molecule has 3 heteroatoms. The van der Waals surface area contributed by atoms with E-state index in [1.807, 2.05) is 0 Å². The molecule has 1 aliphatic heterocycles. The quantitative estimate of drug-likeness (QED) is 0.670. The summed E-state index contributed by atoms with van der Waals surface area (Å²) in [7, 11) is 0. The second-order valence-electron chi connectivity index (χ2n) is 2.57. The first kappa shape index (κ1) is 6.85. The zero-order chi connectivity index (χ0) is 7.68. The molecule has 0 amide bonds. The maximum atomic E-state index is 4.34. The van der Waals surface area contributed by atoms with E-state index in [0.717, 1.165) is 18.9 Å². The third kappa shape index (κ3) is 1.28. The lowest BCUT2D eigenvalue weighted by atomic mass is 10.4. The summed E-state index contributed by atoms with van der Waals surface area (Å²) in [6, 6.07) is 4.25. The van der Waals surface area contributed by atoms with Crippen molar-refractivity contribution in [1.29, 1.82) is 0 Å². The second kappa shape index (κ2) is 2.66. The highest BCUT2D eigenvalue weighted by molar-refractivity contribution is 7.14. The van der Waals surface area contributed by atoms with Crippen molar-refractivity contribution in [3.05, 3.63) is 21.9 Å². The molecule has 2 nitrogen and oxygen atoms in total. The van der Waals surface area contributed by atoms with Gasteiger partial charge >= 0.3 is 0 Å². The topological polar surface area (TPSA) is 24.4 Å². The van der Waals surface area contributed by atoms with E-state index in [2.05, 4.69) is 29.4 Å². The summed E-state index contributed by atoms with van der Waals surface area (Å²) in [6.45, 7) is 4.03. The summed E-state index contributed by atoms with van der Waals surface area (Å²) in [6.07, 6.45) is 0. The highest BCUT2D eigenvalue weighted by Gasteiger charge is 2.08. The molecule has 1 N–H and O–H groups in total. The Morgan fingerprint density at radius 2 is 2.45 bits per heavy atom. The predicted molar refractivity (Wildman–Crippen MR) is 48.5 cm³/mol. The summed E-state index contributed by atoms with van der Waals surface area (Å²) >= 11 is 1.79. The number of hydrogen-bond acceptors (Lipinski definition) is 3. The maximum Gasteiger partial charge on any atom is 0.138 e. The molecule has 0 saturated carbocycles. The Hall–Kier alpha value is -0.830. The van der Waals surface area contributed by atoms with Crippen molar-refractivity contribution in [2.45, 2.75) is 6.92 Å².